The summed E-state index contributed by atoms with van der Waals surface area (Å²) in [5, 5.41) is 6.38. The molecule has 2 N–H and O–H groups in total. The molecule has 1 aliphatic heterocycles. The summed E-state index contributed by atoms with van der Waals surface area (Å²) in [6, 6.07) is 7.22. The summed E-state index contributed by atoms with van der Waals surface area (Å²) < 4.78 is 12.6. The molecule has 0 fully saturated rings. The van der Waals surface area contributed by atoms with Crippen LogP contribution in [0.4, 0.5) is 4.79 Å². The number of aromatic nitrogens is 2. The van der Waals surface area contributed by atoms with Crippen LogP contribution in [0.2, 0.25) is 0 Å². The molecule has 0 aliphatic carbocycles. The Morgan fingerprint density at radius 3 is 2.83 bits per heavy atom. The minimum atomic E-state index is -0.407. The van der Waals surface area contributed by atoms with Crippen LogP contribution in [0, 0.1) is 0 Å². The van der Waals surface area contributed by atoms with Gasteiger partial charge in [0.15, 0.2) is 5.16 Å². The van der Waals surface area contributed by atoms with Gasteiger partial charge in [0.05, 0.1) is 35.9 Å². The molecule has 2 aromatic rings. The summed E-state index contributed by atoms with van der Waals surface area (Å²) in [5.41, 5.74) is 2.95. The molecular formula is C20H26N4O4S. The third-order valence-electron chi connectivity index (χ3n) is 4.63. The number of rotatable bonds is 9. The molecule has 0 bridgehead atoms. The van der Waals surface area contributed by atoms with E-state index in [0.29, 0.717) is 36.6 Å². The molecule has 0 radical (unpaired) electrons. The maximum atomic E-state index is 12.5. The lowest BCUT2D eigenvalue weighted by atomic mass is 10.0. The molecule has 1 unspecified atom stereocenters. The monoisotopic (exact) mass is 418 g/mol. The first-order valence-corrected chi connectivity index (χ1v) is 10.6. The number of imidazole rings is 1. The zero-order valence-electron chi connectivity index (χ0n) is 16.9. The Balaban J connectivity index is 1.91. The molecule has 29 heavy (non-hydrogen) atoms. The fraction of sp³-hybridized carbons (Fsp3) is 0.450. The zero-order chi connectivity index (χ0) is 20.8. The van der Waals surface area contributed by atoms with Crippen molar-refractivity contribution in [2.24, 2.45) is 0 Å². The molecule has 2 amide bonds. The van der Waals surface area contributed by atoms with Crippen LogP contribution in [0.1, 0.15) is 20.3 Å². The largest absolute Gasteiger partial charge is 0.463 e. The average molecular weight is 419 g/mol. The summed E-state index contributed by atoms with van der Waals surface area (Å²) in [6.45, 7) is 5.18. The van der Waals surface area contributed by atoms with Crippen LogP contribution in [-0.2, 0) is 20.8 Å². The Hall–Kier alpha value is -2.52. The number of amides is 2. The quantitative estimate of drug-likeness (QED) is 0.480. The number of benzene rings is 1. The van der Waals surface area contributed by atoms with Crippen LogP contribution in [-0.4, -0.2) is 53.7 Å². The number of carbonyl (C=O) groups is 2. The van der Waals surface area contributed by atoms with Gasteiger partial charge < -0.3 is 24.7 Å². The highest BCUT2D eigenvalue weighted by atomic mass is 32.2. The van der Waals surface area contributed by atoms with Gasteiger partial charge >= 0.3 is 12.0 Å². The standard InChI is InChI=1S/C20H26N4O4S/c1-4-13-17(18(25)28-5-2)15(22-19(26)21-13)12-29-20-23-14-8-6-7-9-16(14)24(20)10-11-27-3/h6-9,13H,4-5,10-12H2,1-3H3,(H2,21,22,26). The Morgan fingerprint density at radius 1 is 1.31 bits per heavy atom. The number of methoxy groups -OCH3 is 1. The van der Waals surface area contributed by atoms with Crippen LogP contribution >= 0.6 is 11.8 Å². The number of carbonyl (C=O) groups excluding carboxylic acids is 2. The second kappa shape index (κ2) is 9.80. The van der Waals surface area contributed by atoms with Gasteiger partial charge in [-0.1, -0.05) is 30.8 Å². The van der Waals surface area contributed by atoms with Crippen molar-refractivity contribution in [2.45, 2.75) is 38.0 Å². The molecule has 1 atom stereocenters. The molecule has 9 heteroatoms. The maximum Gasteiger partial charge on any atom is 0.337 e. The van der Waals surface area contributed by atoms with Crippen LogP contribution < -0.4 is 10.6 Å². The minimum absolute atomic E-state index is 0.278. The number of ether oxygens (including phenoxy) is 2. The van der Waals surface area contributed by atoms with Gasteiger partial charge in [-0.2, -0.15) is 0 Å². The highest BCUT2D eigenvalue weighted by Crippen LogP contribution is 2.27. The van der Waals surface area contributed by atoms with Gasteiger partial charge in [0, 0.05) is 25.1 Å². The molecule has 1 aliphatic rings. The van der Waals surface area contributed by atoms with Crippen molar-refractivity contribution in [3.63, 3.8) is 0 Å². The van der Waals surface area contributed by atoms with Crippen molar-refractivity contribution in [1.82, 2.24) is 20.2 Å². The summed E-state index contributed by atoms with van der Waals surface area (Å²) in [7, 11) is 1.66. The summed E-state index contributed by atoms with van der Waals surface area (Å²) in [6.07, 6.45) is 0.599. The van der Waals surface area contributed by atoms with Gasteiger partial charge in [0.1, 0.15) is 0 Å². The van der Waals surface area contributed by atoms with E-state index in [2.05, 4.69) is 15.2 Å². The predicted molar refractivity (Wildman–Crippen MR) is 112 cm³/mol. The number of esters is 1. The highest BCUT2D eigenvalue weighted by molar-refractivity contribution is 7.99. The molecule has 0 spiro atoms. The molecule has 156 valence electrons. The average Bonchev–Trinajstić information content (AvgIpc) is 3.07. The smallest absolute Gasteiger partial charge is 0.337 e. The summed E-state index contributed by atoms with van der Waals surface area (Å²) in [5.74, 6) is -0.00990. The van der Waals surface area contributed by atoms with Crippen LogP contribution in [0.15, 0.2) is 40.7 Å². The second-order valence-electron chi connectivity index (χ2n) is 6.49. The van der Waals surface area contributed by atoms with Crippen molar-refractivity contribution in [3.8, 4) is 0 Å². The van der Waals surface area contributed by atoms with E-state index in [4.69, 9.17) is 14.5 Å². The van der Waals surface area contributed by atoms with E-state index < -0.39 is 5.97 Å². The lowest BCUT2D eigenvalue weighted by Crippen LogP contribution is -2.50. The highest BCUT2D eigenvalue weighted by Gasteiger charge is 2.31. The SMILES string of the molecule is CCOC(=O)C1=C(CSc2nc3ccccc3n2CCOC)NC(=O)NC1CC. The lowest BCUT2D eigenvalue weighted by Gasteiger charge is -2.28. The summed E-state index contributed by atoms with van der Waals surface area (Å²) in [4.78, 5) is 29.3. The Kier molecular flexibility index (Phi) is 7.16. The van der Waals surface area contributed by atoms with E-state index >= 15 is 0 Å². The zero-order valence-corrected chi connectivity index (χ0v) is 17.7. The molecule has 1 aromatic heterocycles. The third-order valence-corrected chi connectivity index (χ3v) is 5.63. The number of urea groups is 1. The maximum absolute atomic E-state index is 12.5. The Morgan fingerprint density at radius 2 is 2.10 bits per heavy atom. The number of fused-ring (bicyclic) bond motifs is 1. The first-order chi connectivity index (χ1) is 14.1. The Bertz CT molecular complexity index is 924. The van der Waals surface area contributed by atoms with E-state index in [9.17, 15) is 9.59 Å². The van der Waals surface area contributed by atoms with Crippen molar-refractivity contribution < 1.29 is 19.1 Å². The normalized spacial score (nSPS) is 16.7. The van der Waals surface area contributed by atoms with Gasteiger partial charge in [-0.3, -0.25) is 0 Å². The number of nitrogens with one attached hydrogen (secondary N) is 2. The molecule has 3 rings (SSSR count). The van der Waals surface area contributed by atoms with Gasteiger partial charge in [0.25, 0.3) is 0 Å². The molecule has 1 aromatic carbocycles. The van der Waals surface area contributed by atoms with Crippen molar-refractivity contribution in [1.29, 1.82) is 0 Å². The van der Waals surface area contributed by atoms with E-state index in [1.807, 2.05) is 31.2 Å². The van der Waals surface area contributed by atoms with Crippen molar-refractivity contribution in [3.05, 3.63) is 35.5 Å². The lowest BCUT2D eigenvalue weighted by molar-refractivity contribution is -0.139. The molecule has 8 nitrogen and oxygen atoms in total. The molecule has 0 saturated heterocycles. The van der Waals surface area contributed by atoms with Gasteiger partial charge in [-0.05, 0) is 25.5 Å². The summed E-state index contributed by atoms with van der Waals surface area (Å²) >= 11 is 1.47. The molecular weight excluding hydrogens is 392 g/mol. The van der Waals surface area contributed by atoms with Gasteiger partial charge in [0.2, 0.25) is 0 Å². The van der Waals surface area contributed by atoms with E-state index in [1.54, 1.807) is 14.0 Å². The van der Waals surface area contributed by atoms with E-state index in [0.717, 1.165) is 16.2 Å². The predicted octanol–water partition coefficient (Wildman–Crippen LogP) is 2.68. The third kappa shape index (κ3) is 4.73. The molecule has 0 saturated carbocycles. The van der Waals surface area contributed by atoms with E-state index in [-0.39, 0.29) is 18.7 Å². The number of thioether (sulfide) groups is 1. The van der Waals surface area contributed by atoms with Crippen molar-refractivity contribution >= 4 is 34.8 Å². The minimum Gasteiger partial charge on any atom is -0.463 e. The Labute approximate surface area is 174 Å². The molecule has 2 heterocycles. The first kappa shape index (κ1) is 21.2. The number of nitrogens with zero attached hydrogens (tertiary/aromatic N) is 2. The van der Waals surface area contributed by atoms with Crippen LogP contribution in [0.25, 0.3) is 11.0 Å². The van der Waals surface area contributed by atoms with Gasteiger partial charge in [-0.15, -0.1) is 0 Å². The van der Waals surface area contributed by atoms with Gasteiger partial charge in [-0.25, -0.2) is 14.6 Å². The van der Waals surface area contributed by atoms with Crippen molar-refractivity contribution in [2.75, 3.05) is 26.1 Å². The fourth-order valence-electron chi connectivity index (χ4n) is 3.27. The number of hydrogen-bond donors (Lipinski definition) is 2. The van der Waals surface area contributed by atoms with Crippen LogP contribution in [0.3, 0.4) is 0 Å². The number of para-hydroxylation sites is 2. The second-order valence-corrected chi connectivity index (χ2v) is 7.43. The first-order valence-electron chi connectivity index (χ1n) is 9.63. The fourth-order valence-corrected chi connectivity index (χ4v) is 4.28. The van der Waals surface area contributed by atoms with E-state index in [1.165, 1.54) is 11.8 Å². The van der Waals surface area contributed by atoms with Crippen LogP contribution in [0.5, 0.6) is 0 Å². The number of hydrogen-bond acceptors (Lipinski definition) is 6. The topological polar surface area (TPSA) is 94.5 Å².